The van der Waals surface area contributed by atoms with Gasteiger partial charge in [-0.25, -0.2) is 5.43 Å². The number of amides is 2. The summed E-state index contributed by atoms with van der Waals surface area (Å²) in [7, 11) is 0. The molecule has 0 aliphatic carbocycles. The lowest BCUT2D eigenvalue weighted by molar-refractivity contribution is -0.136. The van der Waals surface area contributed by atoms with E-state index in [-0.39, 0.29) is 0 Å². The van der Waals surface area contributed by atoms with Gasteiger partial charge in [-0.1, -0.05) is 29.8 Å². The van der Waals surface area contributed by atoms with Crippen molar-refractivity contribution < 1.29 is 9.59 Å². The molecular formula is C13H10ClN3O2S. The van der Waals surface area contributed by atoms with Crippen molar-refractivity contribution in [1.82, 2.24) is 5.43 Å². The van der Waals surface area contributed by atoms with Crippen molar-refractivity contribution in [2.75, 3.05) is 5.32 Å². The molecule has 0 bridgehead atoms. The average molecular weight is 308 g/mol. The van der Waals surface area contributed by atoms with Gasteiger partial charge in [-0.15, -0.1) is 11.3 Å². The van der Waals surface area contributed by atoms with Crippen molar-refractivity contribution in [2.24, 2.45) is 5.10 Å². The van der Waals surface area contributed by atoms with Crippen LogP contribution in [-0.4, -0.2) is 18.0 Å². The molecule has 5 nitrogen and oxygen atoms in total. The third-order valence-electron chi connectivity index (χ3n) is 2.23. The van der Waals surface area contributed by atoms with Gasteiger partial charge in [0, 0.05) is 4.88 Å². The number of nitrogens with zero attached hydrogens (tertiary/aromatic N) is 1. The maximum Gasteiger partial charge on any atom is 0.329 e. The highest BCUT2D eigenvalue weighted by molar-refractivity contribution is 7.11. The molecule has 0 saturated carbocycles. The van der Waals surface area contributed by atoms with E-state index in [1.54, 1.807) is 24.3 Å². The lowest BCUT2D eigenvalue weighted by Gasteiger charge is -2.05. The number of anilines is 1. The Morgan fingerprint density at radius 3 is 2.65 bits per heavy atom. The Kier molecular flexibility index (Phi) is 4.86. The van der Waals surface area contributed by atoms with E-state index < -0.39 is 11.8 Å². The Morgan fingerprint density at radius 2 is 1.95 bits per heavy atom. The summed E-state index contributed by atoms with van der Waals surface area (Å²) < 4.78 is 0. The first-order valence-corrected chi connectivity index (χ1v) is 6.85. The minimum absolute atomic E-state index is 0.357. The van der Waals surface area contributed by atoms with Gasteiger partial charge < -0.3 is 5.32 Å². The minimum atomic E-state index is -0.863. The van der Waals surface area contributed by atoms with Crippen LogP contribution in [0.1, 0.15) is 4.88 Å². The molecule has 1 aromatic carbocycles. The summed E-state index contributed by atoms with van der Waals surface area (Å²) >= 11 is 7.34. The Bertz CT molecular complexity index is 641. The molecule has 2 aromatic rings. The van der Waals surface area contributed by atoms with Crippen LogP contribution in [0.4, 0.5) is 5.69 Å². The summed E-state index contributed by atoms with van der Waals surface area (Å²) in [6, 6.07) is 10.3. The second-order valence-electron chi connectivity index (χ2n) is 3.65. The van der Waals surface area contributed by atoms with Crippen LogP contribution in [0, 0.1) is 0 Å². The van der Waals surface area contributed by atoms with Crippen molar-refractivity contribution in [2.45, 2.75) is 0 Å². The van der Waals surface area contributed by atoms with E-state index in [0.717, 1.165) is 4.88 Å². The molecule has 0 spiro atoms. The molecule has 0 unspecified atom stereocenters. The molecule has 102 valence electrons. The molecule has 0 aliphatic heterocycles. The average Bonchev–Trinajstić information content (AvgIpc) is 2.94. The van der Waals surface area contributed by atoms with Gasteiger partial charge in [0.1, 0.15) is 0 Å². The van der Waals surface area contributed by atoms with Crippen LogP contribution in [0.15, 0.2) is 46.9 Å². The summed E-state index contributed by atoms with van der Waals surface area (Å²) in [4.78, 5) is 24.0. The van der Waals surface area contributed by atoms with Gasteiger partial charge in [-0.3, -0.25) is 9.59 Å². The summed E-state index contributed by atoms with van der Waals surface area (Å²) in [5, 5.41) is 8.33. The third kappa shape index (κ3) is 3.91. The van der Waals surface area contributed by atoms with Crippen LogP contribution < -0.4 is 10.7 Å². The number of halogens is 1. The topological polar surface area (TPSA) is 70.6 Å². The van der Waals surface area contributed by atoms with E-state index in [2.05, 4.69) is 15.8 Å². The summed E-state index contributed by atoms with van der Waals surface area (Å²) in [5.74, 6) is -1.70. The van der Waals surface area contributed by atoms with Crippen LogP contribution in [0.3, 0.4) is 0 Å². The third-order valence-corrected chi connectivity index (χ3v) is 3.37. The second kappa shape index (κ2) is 6.83. The second-order valence-corrected chi connectivity index (χ2v) is 5.03. The minimum Gasteiger partial charge on any atom is -0.316 e. The van der Waals surface area contributed by atoms with Crippen LogP contribution >= 0.6 is 22.9 Å². The van der Waals surface area contributed by atoms with Crippen LogP contribution in [0.2, 0.25) is 5.02 Å². The highest BCUT2D eigenvalue weighted by Gasteiger charge is 2.13. The molecule has 0 radical (unpaired) electrons. The number of hydrogen-bond donors (Lipinski definition) is 2. The van der Waals surface area contributed by atoms with E-state index in [0.29, 0.717) is 10.7 Å². The van der Waals surface area contributed by atoms with Gasteiger partial charge in [0.05, 0.1) is 16.9 Å². The van der Waals surface area contributed by atoms with Crippen LogP contribution in [-0.2, 0) is 9.59 Å². The molecule has 2 N–H and O–H groups in total. The monoisotopic (exact) mass is 307 g/mol. The Labute approximate surface area is 124 Å². The Balaban J connectivity index is 1.89. The van der Waals surface area contributed by atoms with Gasteiger partial charge >= 0.3 is 11.8 Å². The predicted octanol–water partition coefficient (Wildman–Crippen LogP) is 2.49. The summed E-state index contributed by atoms with van der Waals surface area (Å²) in [6.45, 7) is 0. The molecule has 0 fully saturated rings. The maximum absolute atomic E-state index is 11.6. The van der Waals surface area contributed by atoms with E-state index in [1.807, 2.05) is 17.5 Å². The van der Waals surface area contributed by atoms with E-state index >= 15 is 0 Å². The summed E-state index contributed by atoms with van der Waals surface area (Å²) in [5.41, 5.74) is 2.51. The molecule has 2 amide bonds. The molecule has 1 aromatic heterocycles. The number of hydrazone groups is 1. The molecule has 0 aliphatic rings. The number of hydrogen-bond acceptors (Lipinski definition) is 4. The van der Waals surface area contributed by atoms with Crippen LogP contribution in [0.5, 0.6) is 0 Å². The smallest absolute Gasteiger partial charge is 0.316 e. The van der Waals surface area contributed by atoms with E-state index in [1.165, 1.54) is 17.6 Å². The van der Waals surface area contributed by atoms with Gasteiger partial charge in [0.15, 0.2) is 0 Å². The molecule has 7 heteroatoms. The number of rotatable bonds is 3. The zero-order valence-corrected chi connectivity index (χ0v) is 11.7. The number of thiophene rings is 1. The zero-order valence-electron chi connectivity index (χ0n) is 10.2. The van der Waals surface area contributed by atoms with Crippen molar-refractivity contribution >= 4 is 46.7 Å². The lowest BCUT2D eigenvalue weighted by Crippen LogP contribution is -2.32. The fraction of sp³-hybridized carbons (Fsp3) is 0. The largest absolute Gasteiger partial charge is 0.329 e. The Hall–Kier alpha value is -2.18. The number of carbonyl (C=O) groups is 2. The molecule has 2 rings (SSSR count). The van der Waals surface area contributed by atoms with Crippen LogP contribution in [0.25, 0.3) is 0 Å². The zero-order chi connectivity index (χ0) is 14.4. The normalized spacial score (nSPS) is 10.4. The first kappa shape index (κ1) is 14.2. The number of para-hydroxylation sites is 1. The fourth-order valence-electron chi connectivity index (χ4n) is 1.31. The first-order chi connectivity index (χ1) is 9.66. The number of nitrogens with one attached hydrogen (secondary N) is 2. The van der Waals surface area contributed by atoms with Gasteiger partial charge in [0.25, 0.3) is 0 Å². The van der Waals surface area contributed by atoms with Crippen molar-refractivity contribution in [3.63, 3.8) is 0 Å². The number of benzene rings is 1. The first-order valence-electron chi connectivity index (χ1n) is 5.59. The molecule has 20 heavy (non-hydrogen) atoms. The standard InChI is InChI=1S/C13H10ClN3O2S/c14-10-5-1-2-6-11(10)16-12(18)13(19)17-15-8-9-4-3-7-20-9/h1-8H,(H,16,18)(H,17,19)/b15-8+. The van der Waals surface area contributed by atoms with Gasteiger partial charge in [0.2, 0.25) is 0 Å². The van der Waals surface area contributed by atoms with E-state index in [4.69, 9.17) is 11.6 Å². The van der Waals surface area contributed by atoms with Gasteiger partial charge in [-0.05, 0) is 23.6 Å². The van der Waals surface area contributed by atoms with Crippen molar-refractivity contribution in [1.29, 1.82) is 0 Å². The van der Waals surface area contributed by atoms with E-state index in [9.17, 15) is 9.59 Å². The quantitative estimate of drug-likeness (QED) is 0.519. The van der Waals surface area contributed by atoms with Crippen molar-refractivity contribution in [3.8, 4) is 0 Å². The van der Waals surface area contributed by atoms with Crippen molar-refractivity contribution in [3.05, 3.63) is 51.7 Å². The number of carbonyl (C=O) groups excluding carboxylic acids is 2. The highest BCUT2D eigenvalue weighted by atomic mass is 35.5. The SMILES string of the molecule is O=C(N/N=C/c1cccs1)C(=O)Nc1ccccc1Cl. The van der Waals surface area contributed by atoms with Gasteiger partial charge in [-0.2, -0.15) is 5.10 Å². The molecule has 0 saturated heterocycles. The lowest BCUT2D eigenvalue weighted by atomic mass is 10.3. The molecule has 1 heterocycles. The maximum atomic E-state index is 11.6. The predicted molar refractivity (Wildman–Crippen MR) is 80.1 cm³/mol. The fourth-order valence-corrected chi connectivity index (χ4v) is 2.08. The highest BCUT2D eigenvalue weighted by Crippen LogP contribution is 2.20. The molecule has 0 atom stereocenters. The summed E-state index contributed by atoms with van der Waals surface area (Å²) in [6.07, 6.45) is 1.46. The molecular weight excluding hydrogens is 298 g/mol. The Morgan fingerprint density at radius 1 is 1.15 bits per heavy atom.